The summed E-state index contributed by atoms with van der Waals surface area (Å²) >= 11 is 0. The van der Waals surface area contributed by atoms with E-state index in [0.29, 0.717) is 0 Å². The fraction of sp³-hybridized carbons (Fsp3) is 0.433. The second kappa shape index (κ2) is 11.2. The molecule has 1 atom stereocenters. The molecule has 0 saturated carbocycles. The van der Waals surface area contributed by atoms with Gasteiger partial charge in [-0.05, 0) is 40.0 Å². The third-order valence-electron chi connectivity index (χ3n) is 7.21. The van der Waals surface area contributed by atoms with Crippen LogP contribution in [0.5, 0.6) is 0 Å². The highest BCUT2D eigenvalue weighted by atomic mass is 16.5. The maximum absolute atomic E-state index is 10.8. The Morgan fingerprint density at radius 1 is 0.917 bits per heavy atom. The number of aryl methyl sites for hydroxylation is 2. The van der Waals surface area contributed by atoms with E-state index in [0.717, 1.165) is 79.2 Å². The third-order valence-corrected chi connectivity index (χ3v) is 7.21. The number of carboxylic acids is 1. The van der Waals surface area contributed by atoms with Gasteiger partial charge in [-0.15, -0.1) is 0 Å². The van der Waals surface area contributed by atoms with Crippen LogP contribution < -0.4 is 4.90 Å². The Morgan fingerprint density at radius 3 is 2.03 bits per heavy atom. The van der Waals surface area contributed by atoms with Crippen LogP contribution in [0.2, 0.25) is 0 Å². The maximum atomic E-state index is 10.8. The molecule has 4 rings (SSSR count). The monoisotopic (exact) mass is 487 g/mol. The molecule has 1 aliphatic rings. The van der Waals surface area contributed by atoms with Crippen LogP contribution in [0, 0.1) is 13.8 Å². The van der Waals surface area contributed by atoms with E-state index in [-0.39, 0.29) is 6.42 Å². The highest BCUT2D eigenvalue weighted by Crippen LogP contribution is 2.42. The predicted octanol–water partition coefficient (Wildman–Crippen LogP) is 6.53. The number of ether oxygens (including phenoxy) is 1. The lowest BCUT2D eigenvalue weighted by molar-refractivity contribution is -0.137. The number of unbranched alkanes of at least 4 members (excludes halogenated alkanes) is 3. The van der Waals surface area contributed by atoms with E-state index in [9.17, 15) is 4.79 Å². The molecule has 2 aromatic carbocycles. The first kappa shape index (κ1) is 25.8. The van der Waals surface area contributed by atoms with Crippen LogP contribution in [0.15, 0.2) is 48.5 Å². The minimum absolute atomic E-state index is 0.242. The predicted molar refractivity (Wildman–Crippen MR) is 144 cm³/mol. The molecule has 0 fully saturated rings. The van der Waals surface area contributed by atoms with Gasteiger partial charge in [0.1, 0.15) is 11.3 Å². The number of carbonyl (C=O) groups is 1. The number of fused-ring (bicyclic) bond motifs is 1. The van der Waals surface area contributed by atoms with Gasteiger partial charge in [-0.3, -0.25) is 4.79 Å². The molecule has 0 bridgehead atoms. The van der Waals surface area contributed by atoms with E-state index in [4.69, 9.17) is 19.8 Å². The quantitative estimate of drug-likeness (QED) is 0.328. The van der Waals surface area contributed by atoms with Gasteiger partial charge in [0.2, 0.25) is 0 Å². The lowest BCUT2D eigenvalue weighted by atomic mass is 9.91. The van der Waals surface area contributed by atoms with Gasteiger partial charge in [0.15, 0.2) is 5.82 Å². The molecule has 0 aliphatic carbocycles. The van der Waals surface area contributed by atoms with Crippen molar-refractivity contribution >= 4 is 11.8 Å². The highest BCUT2D eigenvalue weighted by molar-refractivity contribution is 5.80. The van der Waals surface area contributed by atoms with Crippen molar-refractivity contribution in [3.8, 4) is 22.5 Å². The zero-order valence-corrected chi connectivity index (χ0v) is 21.9. The average molecular weight is 488 g/mol. The molecule has 1 aliphatic heterocycles. The number of nitrogens with zero attached hydrogens (tertiary/aromatic N) is 3. The van der Waals surface area contributed by atoms with Gasteiger partial charge in [-0.25, -0.2) is 9.97 Å². The fourth-order valence-corrected chi connectivity index (χ4v) is 4.75. The van der Waals surface area contributed by atoms with E-state index in [1.165, 1.54) is 11.1 Å². The molecule has 0 unspecified atom stereocenters. The first-order valence-corrected chi connectivity index (χ1v) is 12.9. The Balaban J connectivity index is 1.73. The standard InChI is InChI=1S/C30H37N3O3/c1-21-10-14-23(15-11-21)26-27(24-16-12-22(2)13-17-24)32-29-28(31-26)30(3,36-4)18-20-33(29)19-8-6-5-7-9-25(34)35/h10-17H,5-9,18-20H2,1-4H3,(H,34,35)/t30-/m0/s1. The number of methoxy groups -OCH3 is 1. The van der Waals surface area contributed by atoms with Gasteiger partial charge in [0.25, 0.3) is 0 Å². The number of rotatable bonds is 10. The van der Waals surface area contributed by atoms with Gasteiger partial charge in [0, 0.05) is 37.7 Å². The molecular weight excluding hydrogens is 450 g/mol. The van der Waals surface area contributed by atoms with Crippen LogP contribution in [0.1, 0.15) is 62.3 Å². The second-order valence-electron chi connectivity index (χ2n) is 10.1. The van der Waals surface area contributed by atoms with Crippen molar-refractivity contribution in [3.63, 3.8) is 0 Å². The summed E-state index contributed by atoms with van der Waals surface area (Å²) in [6.07, 6.45) is 4.72. The van der Waals surface area contributed by atoms with Crippen LogP contribution in [0.25, 0.3) is 22.5 Å². The van der Waals surface area contributed by atoms with E-state index in [2.05, 4.69) is 74.2 Å². The van der Waals surface area contributed by atoms with E-state index in [1.807, 2.05) is 0 Å². The first-order chi connectivity index (χ1) is 17.3. The normalized spacial score (nSPS) is 17.2. The van der Waals surface area contributed by atoms with Gasteiger partial charge in [-0.2, -0.15) is 0 Å². The Labute approximate surface area is 214 Å². The zero-order chi connectivity index (χ0) is 25.7. The van der Waals surface area contributed by atoms with E-state index < -0.39 is 11.6 Å². The molecule has 2 heterocycles. The van der Waals surface area contributed by atoms with Gasteiger partial charge in [-0.1, -0.05) is 72.5 Å². The van der Waals surface area contributed by atoms with Crippen molar-refractivity contribution in [1.82, 2.24) is 9.97 Å². The molecule has 0 spiro atoms. The number of carboxylic acid groups (broad SMARTS) is 1. The van der Waals surface area contributed by atoms with Gasteiger partial charge < -0.3 is 14.7 Å². The Hall–Kier alpha value is -3.25. The number of aliphatic carboxylic acids is 1. The minimum atomic E-state index is -0.720. The summed E-state index contributed by atoms with van der Waals surface area (Å²) in [5.41, 5.74) is 6.63. The molecule has 36 heavy (non-hydrogen) atoms. The maximum Gasteiger partial charge on any atom is 0.303 e. The van der Waals surface area contributed by atoms with Crippen LogP contribution in [0.4, 0.5) is 5.82 Å². The lowest BCUT2D eigenvalue weighted by Gasteiger charge is -2.40. The number of hydrogen-bond donors (Lipinski definition) is 1. The Kier molecular flexibility index (Phi) is 8.04. The van der Waals surface area contributed by atoms with Crippen molar-refractivity contribution in [3.05, 3.63) is 65.4 Å². The smallest absolute Gasteiger partial charge is 0.303 e. The average Bonchev–Trinajstić information content (AvgIpc) is 2.87. The molecule has 3 aromatic rings. The first-order valence-electron chi connectivity index (χ1n) is 12.9. The molecule has 1 aromatic heterocycles. The second-order valence-corrected chi connectivity index (χ2v) is 10.1. The summed E-state index contributed by atoms with van der Waals surface area (Å²) in [5.74, 6) is 0.171. The molecule has 0 radical (unpaired) electrons. The van der Waals surface area contributed by atoms with Crippen molar-refractivity contribution in [2.75, 3.05) is 25.1 Å². The highest BCUT2D eigenvalue weighted by Gasteiger charge is 2.39. The Morgan fingerprint density at radius 2 is 1.47 bits per heavy atom. The number of hydrogen-bond acceptors (Lipinski definition) is 5. The fourth-order valence-electron chi connectivity index (χ4n) is 4.75. The molecule has 0 amide bonds. The van der Waals surface area contributed by atoms with Crippen molar-refractivity contribution in [2.24, 2.45) is 0 Å². The van der Waals surface area contributed by atoms with Crippen molar-refractivity contribution in [1.29, 1.82) is 0 Å². The molecule has 0 saturated heterocycles. The summed E-state index contributed by atoms with van der Waals surface area (Å²) in [5, 5.41) is 8.87. The summed E-state index contributed by atoms with van der Waals surface area (Å²) in [6.45, 7) is 7.99. The van der Waals surface area contributed by atoms with Crippen LogP contribution in [0.3, 0.4) is 0 Å². The number of benzene rings is 2. The molecule has 190 valence electrons. The largest absolute Gasteiger partial charge is 0.481 e. The third kappa shape index (κ3) is 5.76. The summed E-state index contributed by atoms with van der Waals surface area (Å²) in [4.78, 5) is 23.7. The summed E-state index contributed by atoms with van der Waals surface area (Å²) in [7, 11) is 1.75. The van der Waals surface area contributed by atoms with Crippen molar-refractivity contribution < 1.29 is 14.6 Å². The van der Waals surface area contributed by atoms with Crippen molar-refractivity contribution in [2.45, 2.75) is 64.9 Å². The van der Waals surface area contributed by atoms with E-state index in [1.54, 1.807) is 7.11 Å². The van der Waals surface area contributed by atoms with E-state index >= 15 is 0 Å². The number of aromatic nitrogens is 2. The summed E-state index contributed by atoms with van der Waals surface area (Å²) in [6, 6.07) is 16.9. The number of anilines is 1. The summed E-state index contributed by atoms with van der Waals surface area (Å²) < 4.78 is 6.02. The molecule has 1 N–H and O–H groups in total. The molecular formula is C30H37N3O3. The minimum Gasteiger partial charge on any atom is -0.481 e. The van der Waals surface area contributed by atoms with Crippen LogP contribution >= 0.6 is 0 Å². The van der Waals surface area contributed by atoms with Crippen LogP contribution in [-0.4, -0.2) is 41.2 Å². The van der Waals surface area contributed by atoms with Gasteiger partial charge in [0.05, 0.1) is 11.4 Å². The SMILES string of the molecule is CO[C@@]1(C)CCN(CCCCCCC(=O)O)c2nc(-c3ccc(C)cc3)c(-c3ccc(C)cc3)nc21. The molecule has 6 heteroatoms. The Bertz CT molecular complexity index is 1190. The van der Waals surface area contributed by atoms with Gasteiger partial charge >= 0.3 is 5.97 Å². The molecule has 6 nitrogen and oxygen atoms in total. The van der Waals surface area contributed by atoms with Crippen LogP contribution in [-0.2, 0) is 15.1 Å². The lowest BCUT2D eigenvalue weighted by Crippen LogP contribution is -2.42. The zero-order valence-electron chi connectivity index (χ0n) is 21.9. The topological polar surface area (TPSA) is 75.5 Å².